The quantitative estimate of drug-likeness (QED) is 0.798. The molecule has 1 spiro atoms. The summed E-state index contributed by atoms with van der Waals surface area (Å²) < 4.78 is 12.2. The molecule has 1 saturated carbocycles. The zero-order valence-electron chi connectivity index (χ0n) is 16.6. The highest BCUT2D eigenvalue weighted by atomic mass is 16.7. The number of nitrogens with one attached hydrogen (secondary N) is 1. The summed E-state index contributed by atoms with van der Waals surface area (Å²) in [6, 6.07) is 10.9. The van der Waals surface area contributed by atoms with Crippen LogP contribution in [-0.4, -0.2) is 36.3 Å². The second kappa shape index (κ2) is 7.97. The van der Waals surface area contributed by atoms with Crippen LogP contribution in [-0.2, 0) is 9.47 Å². The highest BCUT2D eigenvalue weighted by Crippen LogP contribution is 2.43. The Kier molecular flexibility index (Phi) is 6.07. The standard InChI is InChI=1S/C22H35NO3/c1-4-19(18-8-6-5-7-9-18)23-15-14-21(24)10-12-22(13-11-21)25-16-20(2,3)17-26-22/h5-9,19,23-24H,4,10-17H2,1-3H3/t19-/m0/s1. The van der Waals surface area contributed by atoms with E-state index in [2.05, 4.69) is 50.4 Å². The topological polar surface area (TPSA) is 50.7 Å². The van der Waals surface area contributed by atoms with E-state index < -0.39 is 11.4 Å². The molecule has 2 N–H and O–H groups in total. The van der Waals surface area contributed by atoms with Crippen molar-refractivity contribution in [3.63, 3.8) is 0 Å². The molecule has 1 aromatic carbocycles. The van der Waals surface area contributed by atoms with Gasteiger partial charge in [-0.25, -0.2) is 0 Å². The van der Waals surface area contributed by atoms with Crippen LogP contribution >= 0.6 is 0 Å². The van der Waals surface area contributed by atoms with Crippen LogP contribution < -0.4 is 5.32 Å². The number of aliphatic hydroxyl groups is 1. The maximum Gasteiger partial charge on any atom is 0.168 e. The summed E-state index contributed by atoms with van der Waals surface area (Å²) >= 11 is 0. The van der Waals surface area contributed by atoms with Gasteiger partial charge in [0.1, 0.15) is 0 Å². The second-order valence-electron chi connectivity index (χ2n) is 8.95. The van der Waals surface area contributed by atoms with E-state index in [1.165, 1.54) is 5.56 Å². The summed E-state index contributed by atoms with van der Waals surface area (Å²) in [5.41, 5.74) is 0.804. The van der Waals surface area contributed by atoms with Gasteiger partial charge < -0.3 is 19.9 Å². The Morgan fingerprint density at radius 1 is 1.04 bits per heavy atom. The van der Waals surface area contributed by atoms with Gasteiger partial charge in [-0.05, 0) is 37.8 Å². The highest BCUT2D eigenvalue weighted by Gasteiger charge is 2.46. The maximum absolute atomic E-state index is 11.0. The summed E-state index contributed by atoms with van der Waals surface area (Å²) in [6.45, 7) is 8.84. The van der Waals surface area contributed by atoms with E-state index in [0.29, 0.717) is 6.04 Å². The van der Waals surface area contributed by atoms with Crippen LogP contribution in [0.25, 0.3) is 0 Å². The third kappa shape index (κ3) is 4.86. The van der Waals surface area contributed by atoms with E-state index in [4.69, 9.17) is 9.47 Å². The molecule has 4 nitrogen and oxygen atoms in total. The SMILES string of the molecule is CC[C@H](NCCC1(O)CCC2(CC1)OCC(C)(C)CO2)c1ccccc1. The van der Waals surface area contributed by atoms with Gasteiger partial charge in [0, 0.05) is 24.3 Å². The third-order valence-electron chi connectivity index (χ3n) is 5.99. The summed E-state index contributed by atoms with van der Waals surface area (Å²) in [5, 5.41) is 14.6. The van der Waals surface area contributed by atoms with E-state index in [9.17, 15) is 5.11 Å². The van der Waals surface area contributed by atoms with E-state index >= 15 is 0 Å². The molecule has 146 valence electrons. The minimum atomic E-state index is -0.604. The fraction of sp³-hybridized carbons (Fsp3) is 0.727. The molecule has 1 atom stereocenters. The monoisotopic (exact) mass is 361 g/mol. The lowest BCUT2D eigenvalue weighted by Gasteiger charge is -2.48. The van der Waals surface area contributed by atoms with Gasteiger partial charge >= 0.3 is 0 Å². The van der Waals surface area contributed by atoms with Crippen molar-refractivity contribution in [2.75, 3.05) is 19.8 Å². The number of benzene rings is 1. The van der Waals surface area contributed by atoms with E-state index in [1.807, 2.05) is 6.07 Å². The Morgan fingerprint density at radius 2 is 1.65 bits per heavy atom. The molecule has 0 unspecified atom stereocenters. The Labute approximate surface area is 158 Å². The number of ether oxygens (including phenoxy) is 2. The van der Waals surface area contributed by atoms with Gasteiger partial charge in [0.15, 0.2) is 5.79 Å². The van der Waals surface area contributed by atoms with Gasteiger partial charge in [0.05, 0.1) is 18.8 Å². The normalized spacial score (nSPS) is 25.1. The van der Waals surface area contributed by atoms with Crippen LogP contribution in [0, 0.1) is 5.41 Å². The zero-order valence-corrected chi connectivity index (χ0v) is 16.6. The largest absolute Gasteiger partial charge is 0.390 e. The minimum Gasteiger partial charge on any atom is -0.390 e. The molecular weight excluding hydrogens is 326 g/mol. The lowest BCUT2D eigenvalue weighted by molar-refractivity contribution is -0.319. The second-order valence-corrected chi connectivity index (χ2v) is 8.95. The summed E-state index contributed by atoms with van der Waals surface area (Å²) in [5.74, 6) is -0.453. The molecule has 2 aliphatic rings. The van der Waals surface area contributed by atoms with Crippen molar-refractivity contribution in [1.29, 1.82) is 0 Å². The van der Waals surface area contributed by atoms with Crippen LogP contribution in [0.1, 0.15) is 70.9 Å². The van der Waals surface area contributed by atoms with Gasteiger partial charge in [-0.15, -0.1) is 0 Å². The van der Waals surface area contributed by atoms with Crippen LogP contribution in [0.4, 0.5) is 0 Å². The number of rotatable bonds is 6. The molecule has 1 aromatic rings. The Hall–Kier alpha value is -0.940. The predicted molar refractivity (Wildman–Crippen MR) is 104 cm³/mol. The van der Waals surface area contributed by atoms with Crippen molar-refractivity contribution < 1.29 is 14.6 Å². The van der Waals surface area contributed by atoms with Gasteiger partial charge in [-0.3, -0.25) is 0 Å². The molecule has 0 aromatic heterocycles. The zero-order chi connectivity index (χ0) is 18.7. The van der Waals surface area contributed by atoms with Crippen molar-refractivity contribution in [3.05, 3.63) is 35.9 Å². The molecule has 4 heteroatoms. The van der Waals surface area contributed by atoms with E-state index in [1.54, 1.807) is 0 Å². The highest BCUT2D eigenvalue weighted by molar-refractivity contribution is 5.18. The molecule has 2 fully saturated rings. The first-order valence-corrected chi connectivity index (χ1v) is 10.1. The molecular formula is C22H35NO3. The van der Waals surface area contributed by atoms with Crippen LogP contribution in [0.5, 0.6) is 0 Å². The predicted octanol–water partition coefficient (Wildman–Crippen LogP) is 4.19. The van der Waals surface area contributed by atoms with Crippen LogP contribution in [0.3, 0.4) is 0 Å². The van der Waals surface area contributed by atoms with Crippen molar-refractivity contribution in [2.45, 2.75) is 76.7 Å². The van der Waals surface area contributed by atoms with Gasteiger partial charge in [0.2, 0.25) is 0 Å². The molecule has 1 aliphatic carbocycles. The average Bonchev–Trinajstić information content (AvgIpc) is 2.65. The van der Waals surface area contributed by atoms with Crippen molar-refractivity contribution in [1.82, 2.24) is 5.32 Å². The average molecular weight is 362 g/mol. The van der Waals surface area contributed by atoms with Gasteiger partial charge in [0.25, 0.3) is 0 Å². The molecule has 1 aliphatic heterocycles. The molecule has 1 heterocycles. The lowest BCUT2D eigenvalue weighted by atomic mass is 9.78. The van der Waals surface area contributed by atoms with Crippen LogP contribution in [0.2, 0.25) is 0 Å². The molecule has 0 radical (unpaired) electrons. The number of hydrogen-bond donors (Lipinski definition) is 2. The first-order chi connectivity index (χ1) is 12.4. The minimum absolute atomic E-state index is 0.0928. The maximum atomic E-state index is 11.0. The Balaban J connectivity index is 1.46. The first-order valence-electron chi connectivity index (χ1n) is 10.1. The molecule has 3 rings (SSSR count). The molecule has 0 bridgehead atoms. The third-order valence-corrected chi connectivity index (χ3v) is 5.99. The Bertz CT molecular complexity index is 552. The fourth-order valence-corrected chi connectivity index (χ4v) is 4.03. The van der Waals surface area contributed by atoms with Gasteiger partial charge in [-0.1, -0.05) is 51.1 Å². The Morgan fingerprint density at radius 3 is 2.23 bits per heavy atom. The smallest absolute Gasteiger partial charge is 0.168 e. The molecule has 26 heavy (non-hydrogen) atoms. The number of hydrogen-bond acceptors (Lipinski definition) is 4. The lowest BCUT2D eigenvalue weighted by Crippen LogP contribution is -2.52. The van der Waals surface area contributed by atoms with Crippen LogP contribution in [0.15, 0.2) is 30.3 Å². The summed E-state index contributed by atoms with van der Waals surface area (Å²) in [7, 11) is 0. The summed E-state index contributed by atoms with van der Waals surface area (Å²) in [4.78, 5) is 0. The van der Waals surface area contributed by atoms with E-state index in [0.717, 1.165) is 58.3 Å². The molecule has 1 saturated heterocycles. The summed E-state index contributed by atoms with van der Waals surface area (Å²) in [6.07, 6.45) is 4.89. The first kappa shape index (κ1) is 19.8. The van der Waals surface area contributed by atoms with Gasteiger partial charge in [-0.2, -0.15) is 0 Å². The molecule has 0 amide bonds. The fourth-order valence-electron chi connectivity index (χ4n) is 4.03. The van der Waals surface area contributed by atoms with E-state index in [-0.39, 0.29) is 5.41 Å². The van der Waals surface area contributed by atoms with Crippen molar-refractivity contribution in [3.8, 4) is 0 Å². The van der Waals surface area contributed by atoms with Crippen molar-refractivity contribution >= 4 is 0 Å². The van der Waals surface area contributed by atoms with Crippen molar-refractivity contribution in [2.24, 2.45) is 5.41 Å².